The van der Waals surface area contributed by atoms with Gasteiger partial charge in [-0.2, -0.15) is 0 Å². The van der Waals surface area contributed by atoms with Crippen molar-refractivity contribution in [3.63, 3.8) is 0 Å². The summed E-state index contributed by atoms with van der Waals surface area (Å²) in [5.41, 5.74) is -0.166. The highest BCUT2D eigenvalue weighted by molar-refractivity contribution is 5.65. The van der Waals surface area contributed by atoms with Crippen LogP contribution in [0.25, 0.3) is 0 Å². The van der Waals surface area contributed by atoms with Gasteiger partial charge in [0.05, 0.1) is 12.6 Å². The topological polar surface area (TPSA) is 114 Å². The lowest BCUT2D eigenvalue weighted by atomic mass is 9.84. The van der Waals surface area contributed by atoms with Crippen molar-refractivity contribution in [1.29, 1.82) is 0 Å². The SMILES string of the molecule is CC(C)(C)[C@@H]1CN(CC2Cn3cc([N+](=O)[O-])nc3O2)CCN1C(=O)O. The van der Waals surface area contributed by atoms with E-state index in [1.54, 1.807) is 4.57 Å². The second-order valence-corrected chi connectivity index (χ2v) is 7.65. The van der Waals surface area contributed by atoms with Crippen LogP contribution in [0.2, 0.25) is 0 Å². The van der Waals surface area contributed by atoms with Crippen LogP contribution in [0.3, 0.4) is 0 Å². The number of amides is 1. The molecule has 10 nitrogen and oxygen atoms in total. The van der Waals surface area contributed by atoms with E-state index < -0.39 is 11.0 Å². The summed E-state index contributed by atoms with van der Waals surface area (Å²) in [6, 6.07) is 0.173. The number of aromatic nitrogens is 2. The summed E-state index contributed by atoms with van der Waals surface area (Å²) in [6.45, 7) is 9.00. The van der Waals surface area contributed by atoms with Gasteiger partial charge in [0.25, 0.3) is 0 Å². The highest BCUT2D eigenvalue weighted by Gasteiger charge is 2.39. The fourth-order valence-electron chi connectivity index (χ4n) is 3.46. The molecule has 2 atom stereocenters. The molecule has 25 heavy (non-hydrogen) atoms. The standard InChI is InChI=1S/C15H23N5O5/c1-15(2,3)11-8-17(4-5-19(11)14(21)22)6-10-7-18-9-12(20(23)24)16-13(18)25-10/h9-11H,4-8H2,1-3H3,(H,21,22)/t10?,11-/m0/s1. The van der Waals surface area contributed by atoms with E-state index in [0.29, 0.717) is 32.7 Å². The molecule has 0 aliphatic carbocycles. The molecular weight excluding hydrogens is 330 g/mol. The van der Waals surface area contributed by atoms with E-state index in [4.69, 9.17) is 4.74 Å². The van der Waals surface area contributed by atoms with Gasteiger partial charge in [-0.3, -0.25) is 9.47 Å². The highest BCUT2D eigenvalue weighted by Crippen LogP contribution is 2.29. The maximum Gasteiger partial charge on any atom is 0.414 e. The number of imidazole rings is 1. The second kappa shape index (κ2) is 6.17. The Balaban J connectivity index is 1.61. The summed E-state index contributed by atoms with van der Waals surface area (Å²) in [6.07, 6.45) is 0.361. The Bertz CT molecular complexity index is 659. The van der Waals surface area contributed by atoms with Gasteiger partial charge in [0.2, 0.25) is 0 Å². The van der Waals surface area contributed by atoms with Gasteiger partial charge in [-0.1, -0.05) is 20.8 Å². The molecule has 1 unspecified atom stereocenters. The molecule has 1 N–H and O–H groups in total. The van der Waals surface area contributed by atoms with E-state index in [2.05, 4.69) is 9.88 Å². The second-order valence-electron chi connectivity index (χ2n) is 7.65. The van der Waals surface area contributed by atoms with E-state index in [1.807, 2.05) is 20.8 Å². The van der Waals surface area contributed by atoms with Crippen molar-refractivity contribution in [2.24, 2.45) is 5.41 Å². The Kier molecular flexibility index (Phi) is 4.31. The third-order valence-electron chi connectivity index (χ3n) is 4.76. The number of nitrogens with zero attached hydrogens (tertiary/aromatic N) is 5. The Hall–Kier alpha value is -2.36. The lowest BCUT2D eigenvalue weighted by molar-refractivity contribution is -0.389. The number of piperazine rings is 1. The third-order valence-corrected chi connectivity index (χ3v) is 4.76. The molecule has 138 valence electrons. The molecule has 0 radical (unpaired) electrons. The van der Waals surface area contributed by atoms with Gasteiger partial charge in [0, 0.05) is 31.2 Å². The molecule has 0 spiro atoms. The average molecular weight is 353 g/mol. The molecule has 1 fully saturated rings. The fourth-order valence-corrected chi connectivity index (χ4v) is 3.46. The molecule has 0 saturated carbocycles. The summed E-state index contributed by atoms with van der Waals surface area (Å²) in [5, 5.41) is 20.2. The van der Waals surface area contributed by atoms with Crippen molar-refractivity contribution in [2.45, 2.75) is 39.5 Å². The molecule has 3 heterocycles. The van der Waals surface area contributed by atoms with Gasteiger partial charge in [0.1, 0.15) is 12.3 Å². The van der Waals surface area contributed by atoms with E-state index in [-0.39, 0.29) is 29.4 Å². The molecule has 1 aromatic heterocycles. The molecule has 2 aliphatic rings. The van der Waals surface area contributed by atoms with Crippen molar-refractivity contribution in [2.75, 3.05) is 26.2 Å². The maximum atomic E-state index is 11.5. The number of fused-ring (bicyclic) bond motifs is 1. The van der Waals surface area contributed by atoms with Gasteiger partial charge >= 0.3 is 17.9 Å². The largest absolute Gasteiger partial charge is 0.465 e. The van der Waals surface area contributed by atoms with Crippen LogP contribution in [0.15, 0.2) is 6.20 Å². The molecule has 0 aromatic carbocycles. The minimum Gasteiger partial charge on any atom is -0.465 e. The number of hydrogen-bond donors (Lipinski definition) is 1. The van der Waals surface area contributed by atoms with Crippen molar-refractivity contribution < 1.29 is 19.6 Å². The number of ether oxygens (including phenoxy) is 1. The summed E-state index contributed by atoms with van der Waals surface area (Å²) in [7, 11) is 0. The molecule has 1 saturated heterocycles. The van der Waals surface area contributed by atoms with Crippen LogP contribution in [-0.4, -0.2) is 73.8 Å². The Morgan fingerprint density at radius 1 is 1.44 bits per heavy atom. The first-order valence-corrected chi connectivity index (χ1v) is 8.25. The zero-order valence-corrected chi connectivity index (χ0v) is 14.6. The van der Waals surface area contributed by atoms with Gasteiger partial charge in [-0.15, -0.1) is 0 Å². The number of hydrogen-bond acceptors (Lipinski definition) is 6. The Labute approximate surface area is 145 Å². The minimum absolute atomic E-state index is 0.0988. The van der Waals surface area contributed by atoms with E-state index in [1.165, 1.54) is 11.1 Å². The zero-order valence-electron chi connectivity index (χ0n) is 14.6. The lowest BCUT2D eigenvalue weighted by Crippen LogP contribution is -2.60. The smallest absolute Gasteiger partial charge is 0.414 e. The molecule has 1 aromatic rings. The zero-order chi connectivity index (χ0) is 18.4. The van der Waals surface area contributed by atoms with Crippen LogP contribution in [0.5, 0.6) is 6.01 Å². The fraction of sp³-hybridized carbons (Fsp3) is 0.733. The quantitative estimate of drug-likeness (QED) is 0.643. The monoisotopic (exact) mass is 353 g/mol. The summed E-state index contributed by atoms with van der Waals surface area (Å²) in [5.74, 6) is -0.212. The molecule has 10 heteroatoms. The van der Waals surface area contributed by atoms with Crippen molar-refractivity contribution in [1.82, 2.24) is 19.4 Å². The van der Waals surface area contributed by atoms with Crippen LogP contribution < -0.4 is 4.74 Å². The molecule has 1 amide bonds. The van der Waals surface area contributed by atoms with Crippen molar-refractivity contribution >= 4 is 11.9 Å². The molecule has 0 bridgehead atoms. The van der Waals surface area contributed by atoms with Crippen LogP contribution in [0.1, 0.15) is 20.8 Å². The van der Waals surface area contributed by atoms with Crippen molar-refractivity contribution in [3.05, 3.63) is 16.3 Å². The molecular formula is C15H23N5O5. The number of rotatable bonds is 3. The van der Waals surface area contributed by atoms with Crippen molar-refractivity contribution in [3.8, 4) is 6.01 Å². The van der Waals surface area contributed by atoms with Gasteiger partial charge in [-0.25, -0.2) is 4.79 Å². The predicted octanol–water partition coefficient (Wildman–Crippen LogP) is 1.26. The minimum atomic E-state index is -0.885. The average Bonchev–Trinajstić information content (AvgIpc) is 3.04. The van der Waals surface area contributed by atoms with Crippen LogP contribution in [-0.2, 0) is 6.54 Å². The maximum absolute atomic E-state index is 11.5. The first-order valence-electron chi connectivity index (χ1n) is 8.25. The summed E-state index contributed by atoms with van der Waals surface area (Å²) in [4.78, 5) is 29.2. The Morgan fingerprint density at radius 3 is 2.72 bits per heavy atom. The highest BCUT2D eigenvalue weighted by atomic mass is 16.6. The first kappa shape index (κ1) is 17.5. The van der Waals surface area contributed by atoms with Gasteiger partial charge in [0.15, 0.2) is 0 Å². The number of nitro groups is 1. The van der Waals surface area contributed by atoms with Gasteiger partial charge in [-0.05, 0) is 10.3 Å². The Morgan fingerprint density at radius 2 is 2.16 bits per heavy atom. The number of carboxylic acid groups (broad SMARTS) is 1. The lowest BCUT2D eigenvalue weighted by Gasteiger charge is -2.46. The van der Waals surface area contributed by atoms with Crippen LogP contribution in [0, 0.1) is 15.5 Å². The summed E-state index contributed by atoms with van der Waals surface area (Å²) < 4.78 is 7.36. The number of carbonyl (C=O) groups is 1. The van der Waals surface area contributed by atoms with E-state index >= 15 is 0 Å². The normalized spacial score (nSPS) is 24.0. The first-order chi connectivity index (χ1) is 11.6. The van der Waals surface area contributed by atoms with E-state index in [0.717, 1.165) is 0 Å². The van der Waals surface area contributed by atoms with E-state index in [9.17, 15) is 20.0 Å². The molecule has 2 aliphatic heterocycles. The summed E-state index contributed by atoms with van der Waals surface area (Å²) >= 11 is 0. The van der Waals surface area contributed by atoms with Crippen LogP contribution >= 0.6 is 0 Å². The third kappa shape index (κ3) is 3.53. The van der Waals surface area contributed by atoms with Gasteiger partial charge < -0.3 is 24.9 Å². The van der Waals surface area contributed by atoms with Crippen LogP contribution in [0.4, 0.5) is 10.6 Å². The molecule has 3 rings (SSSR count). The predicted molar refractivity (Wildman–Crippen MR) is 87.7 cm³/mol.